The summed E-state index contributed by atoms with van der Waals surface area (Å²) >= 11 is 0. The summed E-state index contributed by atoms with van der Waals surface area (Å²) in [6.07, 6.45) is -0.999. The highest BCUT2D eigenvalue weighted by Gasteiger charge is 2.36. The molecule has 0 aromatic heterocycles. The molecule has 1 aromatic carbocycles. The SMILES string of the molecule is Cc1ccc(S(=O)(=O)OC(=O)N2CC[C@@H](OC3CCNCC3)[C@H](F)C2)cc1. The molecule has 0 aliphatic carbocycles. The van der Waals surface area contributed by atoms with E-state index in [9.17, 15) is 17.6 Å². The first-order valence-corrected chi connectivity index (χ1v) is 10.6. The van der Waals surface area contributed by atoms with Gasteiger partial charge in [0.05, 0.1) is 18.8 Å². The van der Waals surface area contributed by atoms with Crippen LogP contribution in [-0.2, 0) is 19.0 Å². The minimum atomic E-state index is -4.23. The van der Waals surface area contributed by atoms with E-state index in [0.29, 0.717) is 6.42 Å². The molecule has 1 aromatic rings. The first-order valence-electron chi connectivity index (χ1n) is 9.15. The monoisotopic (exact) mass is 400 g/mol. The maximum Gasteiger partial charge on any atom is 0.425 e. The van der Waals surface area contributed by atoms with Gasteiger partial charge in [0.2, 0.25) is 0 Å². The van der Waals surface area contributed by atoms with E-state index in [4.69, 9.17) is 4.74 Å². The number of nitrogens with zero attached hydrogens (tertiary/aromatic N) is 1. The molecule has 2 aliphatic rings. The number of alkyl halides is 1. The molecule has 7 nitrogen and oxygen atoms in total. The molecule has 2 aliphatic heterocycles. The molecule has 1 amide bonds. The molecule has 0 radical (unpaired) electrons. The van der Waals surface area contributed by atoms with Gasteiger partial charge < -0.3 is 19.1 Å². The molecule has 0 spiro atoms. The lowest BCUT2D eigenvalue weighted by molar-refractivity contribution is -0.0866. The normalized spacial score (nSPS) is 24.6. The Balaban J connectivity index is 1.54. The zero-order valence-corrected chi connectivity index (χ0v) is 16.1. The molecule has 9 heteroatoms. The van der Waals surface area contributed by atoms with Gasteiger partial charge in [0.25, 0.3) is 0 Å². The molecule has 2 atom stereocenters. The van der Waals surface area contributed by atoms with Crippen LogP contribution in [0.4, 0.5) is 9.18 Å². The van der Waals surface area contributed by atoms with Gasteiger partial charge in [-0.15, -0.1) is 0 Å². The largest absolute Gasteiger partial charge is 0.425 e. The number of carbonyl (C=O) groups is 1. The van der Waals surface area contributed by atoms with E-state index in [1.165, 1.54) is 12.1 Å². The van der Waals surface area contributed by atoms with Crippen LogP contribution < -0.4 is 5.32 Å². The Morgan fingerprint density at radius 3 is 2.48 bits per heavy atom. The van der Waals surface area contributed by atoms with Crippen LogP contribution in [0.2, 0.25) is 0 Å². The van der Waals surface area contributed by atoms with E-state index in [-0.39, 0.29) is 24.1 Å². The third-order valence-corrected chi connectivity index (χ3v) is 6.10. The van der Waals surface area contributed by atoms with Crippen molar-refractivity contribution >= 4 is 16.2 Å². The zero-order valence-electron chi connectivity index (χ0n) is 15.3. The van der Waals surface area contributed by atoms with Gasteiger partial charge in [0.15, 0.2) is 0 Å². The molecule has 0 bridgehead atoms. The predicted molar refractivity (Wildman–Crippen MR) is 96.7 cm³/mol. The molecule has 2 saturated heterocycles. The quantitative estimate of drug-likeness (QED) is 0.779. The summed E-state index contributed by atoms with van der Waals surface area (Å²) in [7, 11) is -4.23. The Labute approximate surface area is 158 Å². The number of rotatable bonds is 4. The number of amides is 1. The summed E-state index contributed by atoms with van der Waals surface area (Å²) in [5.41, 5.74) is 0.886. The van der Waals surface area contributed by atoms with Gasteiger partial charge in [0.1, 0.15) is 11.1 Å². The van der Waals surface area contributed by atoms with Gasteiger partial charge in [-0.1, -0.05) is 17.7 Å². The van der Waals surface area contributed by atoms with Gasteiger partial charge >= 0.3 is 16.2 Å². The van der Waals surface area contributed by atoms with Crippen molar-refractivity contribution in [3.05, 3.63) is 29.8 Å². The lowest BCUT2D eigenvalue weighted by Gasteiger charge is -2.36. The second-order valence-electron chi connectivity index (χ2n) is 6.99. The maximum atomic E-state index is 14.5. The molecule has 2 fully saturated rings. The van der Waals surface area contributed by atoms with Crippen LogP contribution in [0.1, 0.15) is 24.8 Å². The highest BCUT2D eigenvalue weighted by molar-refractivity contribution is 7.87. The summed E-state index contributed by atoms with van der Waals surface area (Å²) in [6, 6.07) is 5.97. The van der Waals surface area contributed by atoms with E-state index in [2.05, 4.69) is 9.50 Å². The summed E-state index contributed by atoms with van der Waals surface area (Å²) in [4.78, 5) is 13.2. The van der Waals surface area contributed by atoms with E-state index in [1.54, 1.807) is 12.1 Å². The number of nitrogens with one attached hydrogen (secondary N) is 1. The van der Waals surface area contributed by atoms with Crippen molar-refractivity contribution in [3.8, 4) is 0 Å². The number of carbonyl (C=O) groups excluding carboxylic acids is 1. The fourth-order valence-corrected chi connectivity index (χ4v) is 4.14. The lowest BCUT2D eigenvalue weighted by Crippen LogP contribution is -2.50. The summed E-state index contributed by atoms with van der Waals surface area (Å²) in [5, 5.41) is 3.22. The fraction of sp³-hybridized carbons (Fsp3) is 0.611. The van der Waals surface area contributed by atoms with E-state index in [0.717, 1.165) is 36.4 Å². The van der Waals surface area contributed by atoms with Crippen LogP contribution >= 0.6 is 0 Å². The molecule has 0 saturated carbocycles. The second kappa shape index (κ2) is 8.53. The van der Waals surface area contributed by atoms with Gasteiger partial charge in [-0.05, 0) is 51.4 Å². The summed E-state index contributed by atoms with van der Waals surface area (Å²) in [5.74, 6) is 0. The van der Waals surface area contributed by atoms with Crippen molar-refractivity contribution in [2.45, 2.75) is 49.5 Å². The Kier molecular flexibility index (Phi) is 6.33. The van der Waals surface area contributed by atoms with Crippen molar-refractivity contribution in [1.29, 1.82) is 0 Å². The van der Waals surface area contributed by atoms with Crippen LogP contribution in [-0.4, -0.2) is 64.0 Å². The standard InChI is InChI=1S/C18H25FN2O5S/c1-13-2-4-15(5-3-13)27(23,24)26-18(22)21-11-8-17(16(19)12-21)25-14-6-9-20-10-7-14/h2-5,14,16-17,20H,6-12H2,1H3/t16-,17-/m1/s1. The summed E-state index contributed by atoms with van der Waals surface area (Å²) in [6.45, 7) is 3.48. The Bertz CT molecular complexity index is 750. The van der Waals surface area contributed by atoms with E-state index < -0.39 is 28.5 Å². The smallest absolute Gasteiger partial charge is 0.372 e. The van der Waals surface area contributed by atoms with Crippen molar-refractivity contribution in [1.82, 2.24) is 10.2 Å². The average molecular weight is 400 g/mol. The Morgan fingerprint density at radius 2 is 1.85 bits per heavy atom. The van der Waals surface area contributed by atoms with Crippen LogP contribution in [0.5, 0.6) is 0 Å². The van der Waals surface area contributed by atoms with Crippen LogP contribution in [0.15, 0.2) is 29.2 Å². The fourth-order valence-electron chi connectivity index (χ4n) is 3.28. The highest BCUT2D eigenvalue weighted by atomic mass is 32.2. The molecule has 150 valence electrons. The summed E-state index contributed by atoms with van der Waals surface area (Å²) < 4.78 is 49.4. The Hall–Kier alpha value is -1.71. The van der Waals surface area contributed by atoms with E-state index in [1.807, 2.05) is 6.92 Å². The first kappa shape index (κ1) is 20.0. The molecule has 2 heterocycles. The van der Waals surface area contributed by atoms with Crippen molar-refractivity contribution in [3.63, 3.8) is 0 Å². The second-order valence-corrected chi connectivity index (χ2v) is 8.54. The average Bonchev–Trinajstić information content (AvgIpc) is 2.64. The van der Waals surface area contributed by atoms with Crippen LogP contribution in [0.25, 0.3) is 0 Å². The maximum absolute atomic E-state index is 14.5. The third kappa shape index (κ3) is 5.18. The van der Waals surface area contributed by atoms with Crippen molar-refractivity contribution < 1.29 is 26.5 Å². The third-order valence-electron chi connectivity index (χ3n) is 4.88. The molecular formula is C18H25FN2O5S. The van der Waals surface area contributed by atoms with Crippen LogP contribution in [0, 0.1) is 6.92 Å². The molecule has 3 rings (SSSR count). The number of aryl methyl sites for hydroxylation is 1. The topological polar surface area (TPSA) is 84.9 Å². The van der Waals surface area contributed by atoms with Crippen molar-refractivity contribution in [2.75, 3.05) is 26.2 Å². The number of likely N-dealkylation sites (tertiary alicyclic amines) is 1. The van der Waals surface area contributed by atoms with Crippen LogP contribution in [0.3, 0.4) is 0 Å². The molecule has 27 heavy (non-hydrogen) atoms. The molecular weight excluding hydrogens is 375 g/mol. The van der Waals surface area contributed by atoms with Gasteiger partial charge in [-0.25, -0.2) is 9.18 Å². The number of hydrogen-bond donors (Lipinski definition) is 1. The minimum absolute atomic E-state index is 0.0231. The zero-order chi connectivity index (χ0) is 19.4. The molecule has 1 N–H and O–H groups in total. The predicted octanol–water partition coefficient (Wildman–Crippen LogP) is 2.00. The number of piperidine rings is 2. The van der Waals surface area contributed by atoms with Gasteiger partial charge in [-0.2, -0.15) is 8.42 Å². The number of halogens is 1. The first-order chi connectivity index (χ1) is 12.8. The number of hydrogen-bond acceptors (Lipinski definition) is 6. The van der Waals surface area contributed by atoms with Gasteiger partial charge in [0, 0.05) is 6.54 Å². The van der Waals surface area contributed by atoms with Crippen molar-refractivity contribution in [2.24, 2.45) is 0 Å². The number of ether oxygens (including phenoxy) is 1. The van der Waals surface area contributed by atoms with Gasteiger partial charge in [-0.3, -0.25) is 0 Å². The Morgan fingerprint density at radius 1 is 1.19 bits per heavy atom. The minimum Gasteiger partial charge on any atom is -0.372 e. The number of benzene rings is 1. The molecule has 0 unspecified atom stereocenters. The van der Waals surface area contributed by atoms with E-state index >= 15 is 0 Å². The lowest BCUT2D eigenvalue weighted by atomic mass is 10.0. The highest BCUT2D eigenvalue weighted by Crippen LogP contribution is 2.23.